The molecule has 1 fully saturated rings. The summed E-state index contributed by atoms with van der Waals surface area (Å²) >= 11 is 0. The van der Waals surface area contributed by atoms with Crippen LogP contribution in [0.5, 0.6) is 5.75 Å². The third kappa shape index (κ3) is 5.88. The number of aromatic nitrogens is 1. The van der Waals surface area contributed by atoms with Gasteiger partial charge >= 0.3 is 12.1 Å². The fraction of sp³-hybridized carbons (Fsp3) is 0.316. The number of rotatable bonds is 8. The zero-order valence-corrected chi connectivity index (χ0v) is 15.0. The maximum Gasteiger partial charge on any atom is 0.319 e. The smallest absolute Gasteiger partial charge is 0.319 e. The molecule has 27 heavy (non-hydrogen) atoms. The molecule has 0 unspecified atom stereocenters. The fourth-order valence-electron chi connectivity index (χ4n) is 2.66. The van der Waals surface area contributed by atoms with Gasteiger partial charge in [0.2, 0.25) is 0 Å². The van der Waals surface area contributed by atoms with Gasteiger partial charge in [-0.1, -0.05) is 6.07 Å². The summed E-state index contributed by atoms with van der Waals surface area (Å²) < 4.78 is 5.69. The summed E-state index contributed by atoms with van der Waals surface area (Å²) in [6, 6.07) is 12.6. The zero-order chi connectivity index (χ0) is 18.9. The summed E-state index contributed by atoms with van der Waals surface area (Å²) in [7, 11) is 0. The van der Waals surface area contributed by atoms with Crippen LogP contribution in [0.2, 0.25) is 0 Å². The van der Waals surface area contributed by atoms with Gasteiger partial charge in [-0.25, -0.2) is 9.59 Å². The molecule has 142 valence electrons. The molecular weight excluding hydrogens is 346 g/mol. The first-order valence-electron chi connectivity index (χ1n) is 8.91. The van der Waals surface area contributed by atoms with Gasteiger partial charge in [0, 0.05) is 50.2 Å². The third-order valence-corrected chi connectivity index (χ3v) is 4.08. The summed E-state index contributed by atoms with van der Waals surface area (Å²) in [6.07, 6.45) is 2.50. The van der Waals surface area contributed by atoms with Crippen molar-refractivity contribution in [1.82, 2.24) is 20.5 Å². The van der Waals surface area contributed by atoms with Crippen molar-refractivity contribution in [3.05, 3.63) is 54.4 Å². The molecule has 0 aliphatic carbocycles. The van der Waals surface area contributed by atoms with Crippen molar-refractivity contribution in [3.63, 3.8) is 0 Å². The predicted molar refractivity (Wildman–Crippen MR) is 102 cm³/mol. The van der Waals surface area contributed by atoms with Crippen molar-refractivity contribution in [3.8, 4) is 5.75 Å². The molecule has 0 bridgehead atoms. The monoisotopic (exact) mass is 369 g/mol. The number of carbonyl (C=O) groups is 2. The number of benzene rings is 1. The molecule has 0 atom stereocenters. The fourth-order valence-corrected chi connectivity index (χ4v) is 2.66. The minimum Gasteiger partial charge on any atom is -0.493 e. The van der Waals surface area contributed by atoms with Gasteiger partial charge < -0.3 is 25.6 Å². The Hall–Kier alpha value is -3.29. The number of amides is 4. The number of anilines is 1. The molecule has 4 amide bonds. The van der Waals surface area contributed by atoms with Gasteiger partial charge in [-0.2, -0.15) is 0 Å². The average Bonchev–Trinajstić information content (AvgIpc) is 3.09. The molecule has 1 aliphatic heterocycles. The summed E-state index contributed by atoms with van der Waals surface area (Å²) in [5.41, 5.74) is 1.65. The van der Waals surface area contributed by atoms with E-state index in [4.69, 9.17) is 4.74 Å². The SMILES string of the molecule is O=C(NCCN1CCNC1=O)Nc1ccc(OCCc2ccccn2)cc1. The van der Waals surface area contributed by atoms with Gasteiger partial charge in [-0.3, -0.25) is 4.98 Å². The molecule has 0 saturated carbocycles. The highest BCUT2D eigenvalue weighted by Crippen LogP contribution is 2.15. The normalized spacial score (nSPS) is 13.2. The number of nitrogens with zero attached hydrogens (tertiary/aromatic N) is 2. The minimum atomic E-state index is -0.307. The largest absolute Gasteiger partial charge is 0.493 e. The first-order chi connectivity index (χ1) is 13.2. The van der Waals surface area contributed by atoms with Crippen LogP contribution in [0.3, 0.4) is 0 Å². The number of hydrogen-bond donors (Lipinski definition) is 3. The molecule has 1 aromatic carbocycles. The number of hydrogen-bond acceptors (Lipinski definition) is 4. The molecule has 2 aromatic rings. The highest BCUT2D eigenvalue weighted by Gasteiger charge is 2.18. The highest BCUT2D eigenvalue weighted by molar-refractivity contribution is 5.89. The van der Waals surface area contributed by atoms with E-state index in [1.54, 1.807) is 23.2 Å². The van der Waals surface area contributed by atoms with Crippen LogP contribution >= 0.6 is 0 Å². The number of carbonyl (C=O) groups excluding carboxylic acids is 2. The lowest BCUT2D eigenvalue weighted by Gasteiger charge is -2.14. The van der Waals surface area contributed by atoms with Gasteiger partial charge in [0.05, 0.1) is 6.61 Å². The summed E-state index contributed by atoms with van der Waals surface area (Å²) in [5.74, 6) is 0.733. The van der Waals surface area contributed by atoms with Crippen LogP contribution < -0.4 is 20.7 Å². The number of pyridine rings is 1. The number of ether oxygens (including phenoxy) is 1. The van der Waals surface area contributed by atoms with E-state index in [2.05, 4.69) is 20.9 Å². The van der Waals surface area contributed by atoms with E-state index in [1.165, 1.54) is 0 Å². The first kappa shape index (κ1) is 18.5. The molecule has 1 aliphatic rings. The molecule has 8 nitrogen and oxygen atoms in total. The second kappa shape index (κ2) is 9.42. The predicted octanol–water partition coefficient (Wildman–Crippen LogP) is 1.85. The lowest BCUT2D eigenvalue weighted by Crippen LogP contribution is -2.38. The second-order valence-electron chi connectivity index (χ2n) is 6.04. The highest BCUT2D eigenvalue weighted by atomic mass is 16.5. The van der Waals surface area contributed by atoms with Crippen LogP contribution in [-0.2, 0) is 6.42 Å². The van der Waals surface area contributed by atoms with Crippen LogP contribution in [-0.4, -0.2) is 54.7 Å². The van der Waals surface area contributed by atoms with E-state index in [0.29, 0.717) is 38.5 Å². The molecule has 2 heterocycles. The maximum absolute atomic E-state index is 11.9. The van der Waals surface area contributed by atoms with Crippen LogP contribution in [0.25, 0.3) is 0 Å². The van der Waals surface area contributed by atoms with Crippen LogP contribution in [0.1, 0.15) is 5.69 Å². The summed E-state index contributed by atoms with van der Waals surface area (Å²) in [6.45, 7) is 2.75. The number of urea groups is 2. The molecule has 3 N–H and O–H groups in total. The van der Waals surface area contributed by atoms with Crippen molar-refractivity contribution < 1.29 is 14.3 Å². The van der Waals surface area contributed by atoms with E-state index in [-0.39, 0.29) is 12.1 Å². The van der Waals surface area contributed by atoms with E-state index < -0.39 is 0 Å². The van der Waals surface area contributed by atoms with Crippen molar-refractivity contribution in [2.75, 3.05) is 38.1 Å². The van der Waals surface area contributed by atoms with E-state index >= 15 is 0 Å². The van der Waals surface area contributed by atoms with Crippen molar-refractivity contribution >= 4 is 17.7 Å². The molecule has 1 aromatic heterocycles. The topological polar surface area (TPSA) is 95.6 Å². The Morgan fingerprint density at radius 3 is 2.78 bits per heavy atom. The lowest BCUT2D eigenvalue weighted by atomic mass is 10.3. The Bertz CT molecular complexity index is 752. The van der Waals surface area contributed by atoms with Crippen LogP contribution in [0.15, 0.2) is 48.7 Å². The second-order valence-corrected chi connectivity index (χ2v) is 6.04. The quantitative estimate of drug-likeness (QED) is 0.662. The van der Waals surface area contributed by atoms with Crippen molar-refractivity contribution in [1.29, 1.82) is 0 Å². The Kier molecular flexibility index (Phi) is 6.45. The van der Waals surface area contributed by atoms with Gasteiger partial charge in [0.25, 0.3) is 0 Å². The maximum atomic E-state index is 11.9. The van der Waals surface area contributed by atoms with Crippen LogP contribution in [0, 0.1) is 0 Å². The van der Waals surface area contributed by atoms with E-state index in [1.807, 2.05) is 30.3 Å². The van der Waals surface area contributed by atoms with Crippen molar-refractivity contribution in [2.24, 2.45) is 0 Å². The standard InChI is InChI=1S/C19H23N5O3/c25-18(21-10-12-24-13-11-22-19(24)26)23-16-4-6-17(7-5-16)27-14-8-15-3-1-2-9-20-15/h1-7,9H,8,10-14H2,(H,22,26)(H2,21,23,25). The van der Waals surface area contributed by atoms with Gasteiger partial charge in [-0.15, -0.1) is 0 Å². The molecule has 8 heteroatoms. The van der Waals surface area contributed by atoms with Crippen LogP contribution in [0.4, 0.5) is 15.3 Å². The molecule has 1 saturated heterocycles. The average molecular weight is 369 g/mol. The van der Waals surface area contributed by atoms with E-state index in [9.17, 15) is 9.59 Å². The molecule has 0 radical (unpaired) electrons. The Morgan fingerprint density at radius 2 is 2.07 bits per heavy atom. The summed E-state index contributed by atoms with van der Waals surface area (Å²) in [4.78, 5) is 29.2. The van der Waals surface area contributed by atoms with Crippen molar-refractivity contribution in [2.45, 2.75) is 6.42 Å². The first-order valence-corrected chi connectivity index (χ1v) is 8.91. The molecule has 0 spiro atoms. The van der Waals surface area contributed by atoms with E-state index in [0.717, 1.165) is 17.9 Å². The van der Waals surface area contributed by atoms with Gasteiger partial charge in [-0.05, 0) is 36.4 Å². The minimum absolute atomic E-state index is 0.0872. The Labute approximate surface area is 157 Å². The van der Waals surface area contributed by atoms with Gasteiger partial charge in [0.15, 0.2) is 0 Å². The zero-order valence-electron chi connectivity index (χ0n) is 15.0. The Morgan fingerprint density at radius 1 is 1.22 bits per heavy atom. The lowest BCUT2D eigenvalue weighted by molar-refractivity contribution is 0.216. The van der Waals surface area contributed by atoms with Gasteiger partial charge in [0.1, 0.15) is 5.75 Å². The Balaban J connectivity index is 1.35. The number of nitrogens with one attached hydrogen (secondary N) is 3. The summed E-state index contributed by atoms with van der Waals surface area (Å²) in [5, 5.41) is 8.21. The third-order valence-electron chi connectivity index (χ3n) is 4.08. The molecule has 3 rings (SSSR count). The molecular formula is C19H23N5O3.